The molecule has 0 aliphatic carbocycles. The highest BCUT2D eigenvalue weighted by molar-refractivity contribution is 5.80. The third kappa shape index (κ3) is 38.0. The van der Waals surface area contributed by atoms with E-state index in [4.69, 9.17) is 9.47 Å². The Morgan fingerprint density at radius 2 is 0.843 bits per heavy atom. The SMILES string of the molecule is CCCCCCCCC/C=C/CC/C=C/C(O)C(COC1OC(CO)C(O)C(O)C1O)NC(=O)C(O)CCCCCCCCCCCCCCCCCC/C=C\CCCCCCCCCCCCCC. The van der Waals surface area contributed by atoms with Crippen LogP contribution in [0.1, 0.15) is 277 Å². The molecule has 0 radical (unpaired) electrons. The number of nitrogens with one attached hydrogen (secondary N) is 1. The molecule has 7 N–H and O–H groups in total. The Balaban J connectivity index is 2.16. The van der Waals surface area contributed by atoms with Gasteiger partial charge in [-0.3, -0.25) is 4.79 Å². The van der Waals surface area contributed by atoms with E-state index in [1.165, 1.54) is 212 Å². The predicted octanol–water partition coefficient (Wildman–Crippen LogP) is 13.7. The molecule has 1 aliphatic heterocycles. The molecule has 1 amide bonds. The minimum absolute atomic E-state index is 0.306. The summed E-state index contributed by atoms with van der Waals surface area (Å²) >= 11 is 0. The van der Waals surface area contributed by atoms with Crippen LogP contribution in [-0.2, 0) is 14.3 Å². The molecule has 0 spiro atoms. The number of ether oxygens (including phenoxy) is 2. The van der Waals surface area contributed by atoms with Crippen molar-refractivity contribution in [1.29, 1.82) is 0 Å². The molecule has 1 aliphatic rings. The van der Waals surface area contributed by atoms with Crippen LogP contribution in [0.3, 0.4) is 0 Å². The molecule has 412 valence electrons. The predicted molar refractivity (Wildman–Crippen MR) is 292 cm³/mol. The first-order chi connectivity index (χ1) is 34.3. The fourth-order valence-corrected chi connectivity index (χ4v) is 9.47. The van der Waals surface area contributed by atoms with E-state index in [1.807, 2.05) is 6.08 Å². The van der Waals surface area contributed by atoms with Crippen molar-refractivity contribution >= 4 is 5.91 Å². The number of amides is 1. The summed E-state index contributed by atoms with van der Waals surface area (Å²) in [7, 11) is 0. The summed E-state index contributed by atoms with van der Waals surface area (Å²) in [6.45, 7) is 3.61. The molecule has 0 aromatic carbocycles. The molecule has 0 saturated carbocycles. The number of hydrogen-bond donors (Lipinski definition) is 7. The third-order valence-electron chi connectivity index (χ3n) is 14.3. The maximum absolute atomic E-state index is 13.1. The molecule has 0 aromatic rings. The summed E-state index contributed by atoms with van der Waals surface area (Å²) in [6.07, 6.45) is 54.2. The lowest BCUT2D eigenvalue weighted by molar-refractivity contribution is -0.302. The number of aliphatic hydroxyl groups excluding tert-OH is 6. The highest BCUT2D eigenvalue weighted by atomic mass is 16.7. The van der Waals surface area contributed by atoms with E-state index in [1.54, 1.807) is 6.08 Å². The second kappa shape index (κ2) is 49.6. The number of unbranched alkanes of at least 4 members (excludes halogenated alkanes) is 36. The number of allylic oxidation sites excluding steroid dienone is 5. The van der Waals surface area contributed by atoms with E-state index in [2.05, 4.69) is 43.5 Å². The molecule has 8 atom stereocenters. The van der Waals surface area contributed by atoms with Crippen LogP contribution < -0.4 is 5.32 Å². The van der Waals surface area contributed by atoms with Crippen molar-refractivity contribution in [3.8, 4) is 0 Å². The molecule has 10 heteroatoms. The van der Waals surface area contributed by atoms with Gasteiger partial charge in [-0.25, -0.2) is 0 Å². The molecule has 0 bridgehead atoms. The Bertz CT molecular complexity index is 1210. The fourth-order valence-electron chi connectivity index (χ4n) is 9.47. The van der Waals surface area contributed by atoms with Gasteiger partial charge in [0, 0.05) is 0 Å². The number of carbonyl (C=O) groups excluding carboxylic acids is 1. The maximum Gasteiger partial charge on any atom is 0.249 e. The molecule has 1 saturated heterocycles. The molecule has 1 rings (SSSR count). The van der Waals surface area contributed by atoms with Crippen LogP contribution in [0.5, 0.6) is 0 Å². The first kappa shape index (κ1) is 66.4. The van der Waals surface area contributed by atoms with E-state index in [9.17, 15) is 35.4 Å². The van der Waals surface area contributed by atoms with Crippen LogP contribution in [0, 0.1) is 0 Å². The van der Waals surface area contributed by atoms with Crippen molar-refractivity contribution < 1.29 is 44.9 Å². The van der Waals surface area contributed by atoms with Gasteiger partial charge in [-0.2, -0.15) is 0 Å². The minimum atomic E-state index is -1.61. The topological polar surface area (TPSA) is 169 Å². The zero-order valence-corrected chi connectivity index (χ0v) is 45.4. The van der Waals surface area contributed by atoms with E-state index in [0.717, 1.165) is 32.1 Å². The molecular weight excluding hydrogens is 879 g/mol. The Kier molecular flexibility index (Phi) is 47.0. The number of hydrogen-bond acceptors (Lipinski definition) is 9. The number of aliphatic hydroxyl groups is 6. The van der Waals surface area contributed by atoms with Crippen LogP contribution in [0.4, 0.5) is 0 Å². The molecular formula is C60H113NO9. The second-order valence-corrected chi connectivity index (χ2v) is 20.9. The number of carbonyl (C=O) groups is 1. The third-order valence-corrected chi connectivity index (χ3v) is 14.3. The highest BCUT2D eigenvalue weighted by Gasteiger charge is 2.44. The van der Waals surface area contributed by atoms with E-state index in [-0.39, 0.29) is 6.61 Å². The van der Waals surface area contributed by atoms with Gasteiger partial charge in [0.25, 0.3) is 0 Å². The van der Waals surface area contributed by atoms with E-state index >= 15 is 0 Å². The Hall–Kier alpha value is -1.63. The molecule has 0 aromatic heterocycles. The van der Waals surface area contributed by atoms with Crippen LogP contribution in [-0.4, -0.2) is 98.7 Å². The molecule has 1 fully saturated rings. The van der Waals surface area contributed by atoms with Crippen molar-refractivity contribution in [3.05, 3.63) is 36.5 Å². The molecule has 10 nitrogen and oxygen atoms in total. The first-order valence-corrected chi connectivity index (χ1v) is 29.8. The summed E-state index contributed by atoms with van der Waals surface area (Å²) in [5.74, 6) is -0.624. The van der Waals surface area contributed by atoms with Gasteiger partial charge in [-0.05, 0) is 57.8 Å². The van der Waals surface area contributed by atoms with Crippen LogP contribution in [0.2, 0.25) is 0 Å². The maximum atomic E-state index is 13.1. The lowest BCUT2D eigenvalue weighted by Crippen LogP contribution is -2.60. The van der Waals surface area contributed by atoms with Crippen LogP contribution in [0.25, 0.3) is 0 Å². The normalized spacial score (nSPS) is 20.0. The van der Waals surface area contributed by atoms with Gasteiger partial charge in [-0.15, -0.1) is 0 Å². The van der Waals surface area contributed by atoms with Gasteiger partial charge in [0.2, 0.25) is 5.91 Å². The summed E-state index contributed by atoms with van der Waals surface area (Å²) in [4.78, 5) is 13.1. The van der Waals surface area contributed by atoms with Crippen molar-refractivity contribution in [2.24, 2.45) is 0 Å². The lowest BCUT2D eigenvalue weighted by Gasteiger charge is -2.40. The quantitative estimate of drug-likeness (QED) is 0.0232. The minimum Gasteiger partial charge on any atom is -0.394 e. The van der Waals surface area contributed by atoms with Crippen LogP contribution in [0.15, 0.2) is 36.5 Å². The first-order valence-electron chi connectivity index (χ1n) is 29.8. The van der Waals surface area contributed by atoms with Gasteiger partial charge in [0.1, 0.15) is 30.5 Å². The van der Waals surface area contributed by atoms with Crippen molar-refractivity contribution in [1.82, 2.24) is 5.32 Å². The summed E-state index contributed by atoms with van der Waals surface area (Å²) in [5, 5.41) is 64.9. The monoisotopic (exact) mass is 992 g/mol. The molecule has 70 heavy (non-hydrogen) atoms. The van der Waals surface area contributed by atoms with Gasteiger partial charge in [0.15, 0.2) is 6.29 Å². The zero-order valence-electron chi connectivity index (χ0n) is 45.4. The lowest BCUT2D eigenvalue weighted by atomic mass is 9.99. The summed E-state index contributed by atoms with van der Waals surface area (Å²) in [5.41, 5.74) is 0. The highest BCUT2D eigenvalue weighted by Crippen LogP contribution is 2.23. The van der Waals surface area contributed by atoms with Gasteiger partial charge >= 0.3 is 0 Å². The summed E-state index contributed by atoms with van der Waals surface area (Å²) < 4.78 is 11.2. The Morgan fingerprint density at radius 1 is 0.486 bits per heavy atom. The molecule has 8 unspecified atom stereocenters. The largest absolute Gasteiger partial charge is 0.394 e. The van der Waals surface area contributed by atoms with Gasteiger partial charge in [-0.1, -0.05) is 256 Å². The van der Waals surface area contributed by atoms with Crippen molar-refractivity contribution in [2.45, 2.75) is 326 Å². The average Bonchev–Trinajstić information content (AvgIpc) is 3.36. The average molecular weight is 993 g/mol. The molecule has 1 heterocycles. The summed E-state index contributed by atoms with van der Waals surface area (Å²) in [6, 6.07) is -0.995. The zero-order chi connectivity index (χ0) is 51.0. The van der Waals surface area contributed by atoms with Gasteiger partial charge in [0.05, 0.1) is 25.4 Å². The smallest absolute Gasteiger partial charge is 0.249 e. The fraction of sp³-hybridized carbons (Fsp3) is 0.883. The van der Waals surface area contributed by atoms with E-state index in [0.29, 0.717) is 19.3 Å². The Labute approximate surface area is 430 Å². The van der Waals surface area contributed by atoms with E-state index < -0.39 is 61.5 Å². The Morgan fingerprint density at radius 3 is 1.24 bits per heavy atom. The van der Waals surface area contributed by atoms with Crippen molar-refractivity contribution in [3.63, 3.8) is 0 Å². The standard InChI is InChI=1S/C60H113NO9/c1-3-5-7-9-11-13-15-17-18-19-20-21-22-23-24-25-26-27-28-29-30-31-32-33-34-35-37-39-41-43-45-47-49-54(64)59(68)61-52(51-69-60-58(67)57(66)56(65)55(50-62)70-60)53(63)48-46-44-42-40-38-36-16-14-12-10-8-6-4-2/h23-24,38,40,46,48,52-58,60,62-67H,3-22,25-37,39,41-45,47,49-51H2,1-2H3,(H,61,68)/b24-23-,40-38+,48-46+. The number of rotatable bonds is 51. The van der Waals surface area contributed by atoms with Crippen LogP contribution >= 0.6 is 0 Å². The second-order valence-electron chi connectivity index (χ2n) is 20.9. The van der Waals surface area contributed by atoms with Gasteiger partial charge < -0.3 is 45.4 Å². The van der Waals surface area contributed by atoms with Crippen molar-refractivity contribution in [2.75, 3.05) is 13.2 Å².